The Hall–Kier alpha value is -1.92. The summed E-state index contributed by atoms with van der Waals surface area (Å²) in [5.41, 5.74) is 0.562. The topological polar surface area (TPSA) is 54.0 Å². The number of hydrogen-bond donors (Lipinski definition) is 2. The minimum absolute atomic E-state index is 0.0237. The van der Waals surface area contributed by atoms with Crippen LogP contribution in [0.15, 0.2) is 47.6 Å². The third-order valence-electron chi connectivity index (χ3n) is 2.58. The number of aromatic nitrogens is 1. The van der Waals surface area contributed by atoms with Gasteiger partial charge in [0.1, 0.15) is 0 Å². The summed E-state index contributed by atoms with van der Waals surface area (Å²) >= 11 is 1.48. The first kappa shape index (κ1) is 16.5. The molecule has 4 nitrogen and oxygen atoms in total. The summed E-state index contributed by atoms with van der Waals surface area (Å²) in [5.74, 6) is -1.13. The van der Waals surface area contributed by atoms with Crippen LogP contribution in [0.25, 0.3) is 0 Å². The lowest BCUT2D eigenvalue weighted by atomic mass is 10.1. The zero-order valence-electron chi connectivity index (χ0n) is 12.7. The molecule has 1 aromatic heterocycles. The van der Waals surface area contributed by atoms with Crippen LogP contribution in [-0.4, -0.2) is 16.4 Å². The number of nitrogens with one attached hydrogen (secondary N) is 2. The van der Waals surface area contributed by atoms with E-state index in [-0.39, 0.29) is 11.1 Å². The van der Waals surface area contributed by atoms with Crippen LogP contribution in [0.2, 0.25) is 0 Å². The Morgan fingerprint density at radius 3 is 2.73 bits per heavy atom. The van der Waals surface area contributed by atoms with Gasteiger partial charge in [0.05, 0.1) is 11.8 Å². The average molecular weight is 319 g/mol. The number of carbonyl (C=O) groups is 1. The van der Waals surface area contributed by atoms with E-state index in [4.69, 9.17) is 0 Å². The molecule has 2 N–H and O–H groups in total. The standard InChI is InChI=1S/C16H18FN3OS/c1-16(2,3)20-22-12-6-4-5-11(9-12)19-15(21)13-7-8-18-10-14(13)17/h4-10,20H,1-3H3,(H,19,21). The van der Waals surface area contributed by atoms with E-state index in [1.54, 1.807) is 6.07 Å². The van der Waals surface area contributed by atoms with Crippen molar-refractivity contribution in [3.63, 3.8) is 0 Å². The summed E-state index contributed by atoms with van der Waals surface area (Å²) in [5, 5.41) is 2.69. The highest BCUT2D eigenvalue weighted by molar-refractivity contribution is 7.97. The highest BCUT2D eigenvalue weighted by Crippen LogP contribution is 2.22. The predicted molar refractivity (Wildman–Crippen MR) is 87.3 cm³/mol. The molecule has 0 fully saturated rings. The Morgan fingerprint density at radius 2 is 2.05 bits per heavy atom. The van der Waals surface area contributed by atoms with Crippen LogP contribution in [0.5, 0.6) is 0 Å². The van der Waals surface area contributed by atoms with Crippen molar-refractivity contribution in [2.75, 3.05) is 5.32 Å². The van der Waals surface area contributed by atoms with Crippen molar-refractivity contribution >= 4 is 23.5 Å². The van der Waals surface area contributed by atoms with E-state index < -0.39 is 11.7 Å². The van der Waals surface area contributed by atoms with E-state index in [0.29, 0.717) is 5.69 Å². The lowest BCUT2D eigenvalue weighted by molar-refractivity contribution is 0.102. The Morgan fingerprint density at radius 1 is 1.27 bits per heavy atom. The third kappa shape index (κ3) is 4.82. The molecule has 2 rings (SSSR count). The third-order valence-corrected chi connectivity index (χ3v) is 3.79. The number of hydrogen-bond acceptors (Lipinski definition) is 4. The number of benzene rings is 1. The van der Waals surface area contributed by atoms with Crippen LogP contribution in [-0.2, 0) is 0 Å². The number of halogens is 1. The second-order valence-electron chi connectivity index (χ2n) is 5.79. The summed E-state index contributed by atoms with van der Waals surface area (Å²) in [6.07, 6.45) is 2.41. The van der Waals surface area contributed by atoms with Crippen molar-refractivity contribution in [3.05, 3.63) is 54.1 Å². The summed E-state index contributed by atoms with van der Waals surface area (Å²) in [6, 6.07) is 8.72. The second-order valence-corrected chi connectivity index (χ2v) is 6.67. The van der Waals surface area contributed by atoms with Gasteiger partial charge in [0.15, 0.2) is 5.82 Å². The van der Waals surface area contributed by atoms with Crippen molar-refractivity contribution in [1.29, 1.82) is 0 Å². The van der Waals surface area contributed by atoms with Crippen molar-refractivity contribution in [2.45, 2.75) is 31.2 Å². The van der Waals surface area contributed by atoms with E-state index in [2.05, 4.69) is 35.8 Å². The van der Waals surface area contributed by atoms with Crippen LogP contribution < -0.4 is 10.0 Å². The molecule has 6 heteroatoms. The van der Waals surface area contributed by atoms with Crippen LogP contribution in [0.3, 0.4) is 0 Å². The SMILES string of the molecule is CC(C)(C)NSc1cccc(NC(=O)c2ccncc2F)c1. The number of rotatable bonds is 4. The number of carbonyl (C=O) groups excluding carboxylic acids is 1. The second kappa shape index (κ2) is 6.89. The first-order valence-electron chi connectivity index (χ1n) is 6.80. The minimum atomic E-state index is -0.639. The molecular formula is C16H18FN3OS. The molecule has 0 atom stereocenters. The molecule has 0 radical (unpaired) electrons. The highest BCUT2D eigenvalue weighted by atomic mass is 32.2. The highest BCUT2D eigenvalue weighted by Gasteiger charge is 2.12. The molecule has 0 aliphatic heterocycles. The van der Waals surface area contributed by atoms with Crippen LogP contribution in [0.4, 0.5) is 10.1 Å². The molecule has 1 aromatic carbocycles. The van der Waals surface area contributed by atoms with E-state index in [9.17, 15) is 9.18 Å². The van der Waals surface area contributed by atoms with Crippen molar-refractivity contribution < 1.29 is 9.18 Å². The molecule has 0 saturated carbocycles. The molecule has 1 amide bonds. The van der Waals surface area contributed by atoms with Crippen LogP contribution in [0, 0.1) is 5.82 Å². The zero-order valence-corrected chi connectivity index (χ0v) is 13.5. The van der Waals surface area contributed by atoms with Crippen molar-refractivity contribution in [2.24, 2.45) is 0 Å². The van der Waals surface area contributed by atoms with Gasteiger partial charge in [-0.3, -0.25) is 14.5 Å². The van der Waals surface area contributed by atoms with Gasteiger partial charge in [-0.25, -0.2) is 4.39 Å². The molecular weight excluding hydrogens is 301 g/mol. The Labute approximate surface area is 133 Å². The fourth-order valence-electron chi connectivity index (χ4n) is 1.61. The Balaban J connectivity index is 2.07. The molecule has 116 valence electrons. The first-order valence-corrected chi connectivity index (χ1v) is 7.62. The lowest BCUT2D eigenvalue weighted by Gasteiger charge is -2.19. The molecule has 22 heavy (non-hydrogen) atoms. The Kier molecular flexibility index (Phi) is 5.15. The van der Waals surface area contributed by atoms with Gasteiger partial charge in [-0.05, 0) is 57.0 Å². The van der Waals surface area contributed by atoms with Gasteiger partial charge in [0.2, 0.25) is 0 Å². The molecule has 0 spiro atoms. The molecule has 0 aliphatic carbocycles. The number of anilines is 1. The fraction of sp³-hybridized carbons (Fsp3) is 0.250. The van der Waals surface area contributed by atoms with Gasteiger partial charge in [-0.2, -0.15) is 0 Å². The number of nitrogens with zero attached hydrogens (tertiary/aromatic N) is 1. The summed E-state index contributed by atoms with van der Waals surface area (Å²) < 4.78 is 16.8. The van der Waals surface area contributed by atoms with Crippen molar-refractivity contribution in [3.8, 4) is 0 Å². The van der Waals surface area contributed by atoms with Crippen LogP contribution in [0.1, 0.15) is 31.1 Å². The molecule has 0 bridgehead atoms. The summed E-state index contributed by atoms with van der Waals surface area (Å²) in [7, 11) is 0. The predicted octanol–water partition coefficient (Wildman–Crippen LogP) is 3.87. The molecule has 0 unspecified atom stereocenters. The van der Waals surface area contributed by atoms with E-state index >= 15 is 0 Å². The Bertz CT molecular complexity index is 670. The van der Waals surface area contributed by atoms with E-state index in [0.717, 1.165) is 11.1 Å². The van der Waals surface area contributed by atoms with Gasteiger partial charge in [-0.1, -0.05) is 6.07 Å². The molecule has 0 aliphatic rings. The fourth-order valence-corrected chi connectivity index (χ4v) is 2.36. The smallest absolute Gasteiger partial charge is 0.258 e. The molecule has 1 heterocycles. The van der Waals surface area contributed by atoms with Gasteiger partial charge in [0, 0.05) is 22.3 Å². The maximum absolute atomic E-state index is 13.5. The molecule has 0 saturated heterocycles. The molecule has 2 aromatic rings. The summed E-state index contributed by atoms with van der Waals surface area (Å²) in [6.45, 7) is 6.20. The quantitative estimate of drug-likeness (QED) is 0.840. The van der Waals surface area contributed by atoms with E-state index in [1.807, 2.05) is 18.2 Å². The maximum atomic E-state index is 13.5. The maximum Gasteiger partial charge on any atom is 0.258 e. The number of amides is 1. The summed E-state index contributed by atoms with van der Waals surface area (Å²) in [4.78, 5) is 16.7. The normalized spacial score (nSPS) is 11.3. The number of pyridine rings is 1. The van der Waals surface area contributed by atoms with Gasteiger partial charge in [0.25, 0.3) is 5.91 Å². The average Bonchev–Trinajstić information content (AvgIpc) is 2.45. The largest absolute Gasteiger partial charge is 0.322 e. The van der Waals surface area contributed by atoms with Crippen LogP contribution >= 0.6 is 11.9 Å². The van der Waals surface area contributed by atoms with Gasteiger partial charge in [-0.15, -0.1) is 0 Å². The lowest BCUT2D eigenvalue weighted by Crippen LogP contribution is -2.29. The van der Waals surface area contributed by atoms with Gasteiger partial charge < -0.3 is 5.32 Å². The zero-order chi connectivity index (χ0) is 16.2. The van der Waals surface area contributed by atoms with Gasteiger partial charge >= 0.3 is 0 Å². The van der Waals surface area contributed by atoms with E-state index in [1.165, 1.54) is 24.2 Å². The monoisotopic (exact) mass is 319 g/mol. The minimum Gasteiger partial charge on any atom is -0.322 e. The van der Waals surface area contributed by atoms with Crippen molar-refractivity contribution in [1.82, 2.24) is 9.71 Å². The first-order chi connectivity index (χ1) is 10.3.